The van der Waals surface area contributed by atoms with Gasteiger partial charge in [0.2, 0.25) is 10.0 Å². The van der Waals surface area contributed by atoms with Gasteiger partial charge < -0.3 is 4.74 Å². The summed E-state index contributed by atoms with van der Waals surface area (Å²) in [7, 11) is -2.74. The Kier molecular flexibility index (Phi) is 6.89. The number of rotatable bonds is 5. The normalized spacial score (nSPS) is 29.1. The molecule has 10 heteroatoms. The molecule has 0 aromatic heterocycles. The summed E-state index contributed by atoms with van der Waals surface area (Å²) in [6.07, 6.45) is 2.68. The van der Waals surface area contributed by atoms with Crippen LogP contribution in [0.1, 0.15) is 37.7 Å². The number of esters is 1. The van der Waals surface area contributed by atoms with Gasteiger partial charge in [0.1, 0.15) is 0 Å². The van der Waals surface area contributed by atoms with Crippen molar-refractivity contribution in [2.45, 2.75) is 55.3 Å². The van der Waals surface area contributed by atoms with Crippen LogP contribution in [-0.2, 0) is 25.7 Å². The summed E-state index contributed by atoms with van der Waals surface area (Å²) in [5.74, 6) is -0.172. The lowest BCUT2D eigenvalue weighted by molar-refractivity contribution is -0.139. The van der Waals surface area contributed by atoms with Crippen LogP contribution in [-0.4, -0.2) is 62.4 Å². The SMILES string of the molecule is COC(=O)C/C=C\[C@@H]1[C@H]2CCCN3CCC[C@@H](CN1S(=O)(=O)c1ccc(C(F)(F)F)cc1)[C@@H]23. The minimum Gasteiger partial charge on any atom is -0.469 e. The molecule has 0 unspecified atom stereocenters. The van der Waals surface area contributed by atoms with Gasteiger partial charge in [0, 0.05) is 18.6 Å². The Morgan fingerprint density at radius 3 is 2.45 bits per heavy atom. The molecule has 4 rings (SSSR count). The second-order valence-corrected chi connectivity index (χ2v) is 10.9. The van der Waals surface area contributed by atoms with Crippen LogP contribution in [0, 0.1) is 11.8 Å². The Morgan fingerprint density at radius 1 is 1.15 bits per heavy atom. The van der Waals surface area contributed by atoms with E-state index in [-0.39, 0.29) is 29.2 Å². The van der Waals surface area contributed by atoms with Crippen LogP contribution in [0.3, 0.4) is 0 Å². The smallest absolute Gasteiger partial charge is 0.416 e. The molecule has 3 saturated heterocycles. The van der Waals surface area contributed by atoms with E-state index in [9.17, 15) is 26.4 Å². The summed E-state index contributed by atoms with van der Waals surface area (Å²) in [4.78, 5) is 13.9. The third-order valence-electron chi connectivity index (χ3n) is 7.17. The van der Waals surface area contributed by atoms with Crippen molar-refractivity contribution in [3.8, 4) is 0 Å². The zero-order valence-electron chi connectivity index (χ0n) is 18.5. The molecule has 1 aromatic carbocycles. The van der Waals surface area contributed by atoms with Gasteiger partial charge in [-0.15, -0.1) is 0 Å². The van der Waals surface area contributed by atoms with Crippen LogP contribution < -0.4 is 0 Å². The average molecular weight is 487 g/mol. The van der Waals surface area contributed by atoms with E-state index >= 15 is 0 Å². The van der Waals surface area contributed by atoms with Crippen LogP contribution in [0.5, 0.6) is 0 Å². The first-order valence-electron chi connectivity index (χ1n) is 11.3. The van der Waals surface area contributed by atoms with Crippen LogP contribution >= 0.6 is 0 Å². The van der Waals surface area contributed by atoms with E-state index in [1.54, 1.807) is 12.2 Å². The first kappa shape index (κ1) is 24.2. The van der Waals surface area contributed by atoms with E-state index < -0.39 is 33.8 Å². The molecule has 0 bridgehead atoms. The van der Waals surface area contributed by atoms with Crippen LogP contribution in [0.4, 0.5) is 13.2 Å². The fourth-order valence-electron chi connectivity index (χ4n) is 5.73. The van der Waals surface area contributed by atoms with Crippen molar-refractivity contribution in [1.29, 1.82) is 0 Å². The van der Waals surface area contributed by atoms with Crippen molar-refractivity contribution in [3.05, 3.63) is 42.0 Å². The van der Waals surface area contributed by atoms with Crippen LogP contribution in [0.25, 0.3) is 0 Å². The van der Waals surface area contributed by atoms with Gasteiger partial charge in [-0.1, -0.05) is 12.2 Å². The van der Waals surface area contributed by atoms with Gasteiger partial charge in [0.05, 0.1) is 24.0 Å². The fourth-order valence-corrected chi connectivity index (χ4v) is 7.42. The van der Waals surface area contributed by atoms with Crippen molar-refractivity contribution in [3.63, 3.8) is 0 Å². The molecule has 3 fully saturated rings. The van der Waals surface area contributed by atoms with Gasteiger partial charge in [0.25, 0.3) is 0 Å². The Bertz CT molecular complexity index is 992. The number of piperidine rings is 3. The number of carbonyl (C=O) groups is 1. The number of halogens is 3. The summed E-state index contributed by atoms with van der Waals surface area (Å²) >= 11 is 0. The third kappa shape index (κ3) is 4.83. The molecule has 33 heavy (non-hydrogen) atoms. The second-order valence-electron chi connectivity index (χ2n) is 9.03. The lowest BCUT2D eigenvalue weighted by Gasteiger charge is -2.56. The van der Waals surface area contributed by atoms with Crippen molar-refractivity contribution in [1.82, 2.24) is 9.21 Å². The summed E-state index contributed by atoms with van der Waals surface area (Å²) in [6.45, 7) is 2.32. The van der Waals surface area contributed by atoms with Crippen LogP contribution in [0.15, 0.2) is 41.3 Å². The third-order valence-corrected chi connectivity index (χ3v) is 9.04. The number of hydrogen-bond acceptors (Lipinski definition) is 5. The Balaban J connectivity index is 1.69. The molecule has 0 N–H and O–H groups in total. The number of sulfonamides is 1. The van der Waals surface area contributed by atoms with E-state index in [4.69, 9.17) is 0 Å². The molecule has 0 radical (unpaired) electrons. The summed E-state index contributed by atoms with van der Waals surface area (Å²) < 4.78 is 72.4. The number of ether oxygens (including phenoxy) is 1. The Hall–Kier alpha value is -1.91. The molecule has 0 amide bonds. The highest BCUT2D eigenvalue weighted by atomic mass is 32.2. The quantitative estimate of drug-likeness (QED) is 0.469. The first-order valence-corrected chi connectivity index (χ1v) is 12.7. The fraction of sp³-hybridized carbons (Fsp3) is 0.609. The van der Waals surface area contributed by atoms with Crippen molar-refractivity contribution in [2.75, 3.05) is 26.7 Å². The van der Waals surface area contributed by atoms with Gasteiger partial charge in [-0.2, -0.15) is 17.5 Å². The average Bonchev–Trinajstić information content (AvgIpc) is 2.79. The number of carbonyl (C=O) groups excluding carboxylic acids is 1. The number of hydrogen-bond donors (Lipinski definition) is 0. The standard InChI is InChI=1S/C23H29F3N2O4S/c1-32-21(29)8-2-7-20-19-6-4-14-27-13-3-5-16(22(19)27)15-28(20)33(30,31)18-11-9-17(10-12-18)23(24,25)26/h2,7,9-12,16,19-20,22H,3-6,8,13-15H2,1H3/b7-2-/t16-,19+,20+,22-/m0/s1. The molecule has 4 atom stereocenters. The maximum Gasteiger partial charge on any atom is 0.416 e. The molecule has 0 spiro atoms. The molecule has 3 aliphatic rings. The second kappa shape index (κ2) is 9.38. The molecule has 3 heterocycles. The highest BCUT2D eigenvalue weighted by Gasteiger charge is 2.51. The van der Waals surface area contributed by atoms with Gasteiger partial charge >= 0.3 is 12.1 Å². The summed E-state index contributed by atoms with van der Waals surface area (Å²) in [6, 6.07) is 3.50. The minimum atomic E-state index is -4.53. The summed E-state index contributed by atoms with van der Waals surface area (Å²) in [5.41, 5.74) is -0.884. The van der Waals surface area contributed by atoms with E-state index in [0.29, 0.717) is 6.54 Å². The molecule has 3 aliphatic heterocycles. The largest absolute Gasteiger partial charge is 0.469 e. The lowest BCUT2D eigenvalue weighted by Crippen LogP contribution is -2.65. The monoisotopic (exact) mass is 486 g/mol. The Morgan fingerprint density at radius 2 is 1.82 bits per heavy atom. The zero-order chi connectivity index (χ0) is 23.8. The lowest BCUT2D eigenvalue weighted by atomic mass is 9.70. The van der Waals surface area contributed by atoms with Gasteiger partial charge in [-0.05, 0) is 74.9 Å². The van der Waals surface area contributed by atoms with E-state index in [1.165, 1.54) is 11.4 Å². The Labute approximate surface area is 192 Å². The van der Waals surface area contributed by atoms with Gasteiger partial charge in [-0.25, -0.2) is 8.42 Å². The van der Waals surface area contributed by atoms with Crippen LogP contribution in [0.2, 0.25) is 0 Å². The molecule has 0 aliphatic carbocycles. The number of methoxy groups -OCH3 is 1. The minimum absolute atomic E-state index is 0.0334. The van der Waals surface area contributed by atoms with Gasteiger partial charge in [-0.3, -0.25) is 9.69 Å². The summed E-state index contributed by atoms with van der Waals surface area (Å²) in [5, 5.41) is 0. The molecule has 182 valence electrons. The number of nitrogens with zero attached hydrogens (tertiary/aromatic N) is 2. The zero-order valence-corrected chi connectivity index (χ0v) is 19.3. The maximum absolute atomic E-state index is 13.7. The maximum atomic E-state index is 13.7. The molecular weight excluding hydrogens is 457 g/mol. The molecular formula is C23H29F3N2O4S. The number of benzene rings is 1. The highest BCUT2D eigenvalue weighted by Crippen LogP contribution is 2.44. The van der Waals surface area contributed by atoms with Gasteiger partial charge in [0.15, 0.2) is 0 Å². The molecule has 6 nitrogen and oxygen atoms in total. The van der Waals surface area contributed by atoms with E-state index in [1.807, 2.05) is 0 Å². The van der Waals surface area contributed by atoms with E-state index in [2.05, 4.69) is 9.64 Å². The predicted octanol–water partition coefficient (Wildman–Crippen LogP) is 3.69. The van der Waals surface area contributed by atoms with E-state index in [0.717, 1.165) is 63.0 Å². The number of alkyl halides is 3. The topological polar surface area (TPSA) is 66.9 Å². The highest BCUT2D eigenvalue weighted by molar-refractivity contribution is 7.89. The van der Waals surface area contributed by atoms with Crippen molar-refractivity contribution >= 4 is 16.0 Å². The molecule has 1 aromatic rings. The van der Waals surface area contributed by atoms with Crippen molar-refractivity contribution in [2.24, 2.45) is 11.8 Å². The van der Waals surface area contributed by atoms with Crippen molar-refractivity contribution < 1.29 is 31.1 Å². The molecule has 0 saturated carbocycles. The first-order chi connectivity index (χ1) is 15.6. The predicted molar refractivity (Wildman–Crippen MR) is 116 cm³/mol.